The summed E-state index contributed by atoms with van der Waals surface area (Å²) >= 11 is 0. The van der Waals surface area contributed by atoms with Crippen LogP contribution in [0.4, 0.5) is 0 Å². The van der Waals surface area contributed by atoms with Crippen molar-refractivity contribution < 1.29 is 24.0 Å². The number of esters is 1. The van der Waals surface area contributed by atoms with Crippen LogP contribution in [0.25, 0.3) is 0 Å². The highest BCUT2D eigenvalue weighted by molar-refractivity contribution is 8.08. The van der Waals surface area contributed by atoms with Crippen molar-refractivity contribution in [2.45, 2.75) is 38.2 Å². The summed E-state index contributed by atoms with van der Waals surface area (Å²) in [5, 5.41) is 0. The quantitative estimate of drug-likeness (QED) is 0.614. The molecule has 0 fully saturated rings. The number of carbonyl (C=O) groups is 1. The monoisotopic (exact) mass is 322 g/mol. The zero-order chi connectivity index (χ0) is 14.6. The average Bonchev–Trinajstić information content (AvgIpc) is 2.31. The Labute approximate surface area is 125 Å². The predicted octanol–water partition coefficient (Wildman–Crippen LogP) is 2.15. The number of aryl methyl sites for hydroxylation is 1. The van der Waals surface area contributed by atoms with E-state index in [1.54, 1.807) is 45.9 Å². The maximum atomic E-state index is 11.7. The normalized spacial score (nSPS) is 12.2. The molecule has 114 valence electrons. The molecular formula is C13H19ClO5S. The van der Waals surface area contributed by atoms with Crippen LogP contribution in [-0.2, 0) is 19.5 Å². The van der Waals surface area contributed by atoms with Crippen LogP contribution in [0.3, 0.4) is 0 Å². The zero-order valence-electron chi connectivity index (χ0n) is 11.9. The number of halogens is 1. The van der Waals surface area contributed by atoms with Gasteiger partial charge in [-0.15, -0.1) is 0 Å². The van der Waals surface area contributed by atoms with E-state index in [2.05, 4.69) is 0 Å². The van der Waals surface area contributed by atoms with E-state index in [0.29, 0.717) is 17.3 Å². The second-order valence-corrected chi connectivity index (χ2v) is 6.24. The summed E-state index contributed by atoms with van der Waals surface area (Å²) in [5.41, 5.74) is -0.327. The molecule has 1 rings (SSSR count). The van der Waals surface area contributed by atoms with Crippen LogP contribution < -0.4 is 4.74 Å². The molecule has 5 nitrogen and oxygen atoms in total. The standard InChI is InChI=1S/C13H17ClO4S.H2O/c1-5-17-12(15)13(3,4)18-11-7-6-10(19(14)16)8-9(11)2;/h6-8H,5H2,1-4H3;1H2. The summed E-state index contributed by atoms with van der Waals surface area (Å²) in [4.78, 5) is 12.2. The molecule has 7 heteroatoms. The summed E-state index contributed by atoms with van der Waals surface area (Å²) < 4.78 is 21.8. The Kier molecular flexibility index (Phi) is 7.19. The molecule has 0 saturated heterocycles. The third-order valence-electron chi connectivity index (χ3n) is 2.46. The maximum Gasteiger partial charge on any atom is 0.349 e. The first kappa shape index (κ1) is 18.9. The maximum absolute atomic E-state index is 11.7. The van der Waals surface area contributed by atoms with Crippen molar-refractivity contribution in [1.82, 2.24) is 0 Å². The zero-order valence-corrected chi connectivity index (χ0v) is 13.4. The molecule has 0 radical (unpaired) electrons. The summed E-state index contributed by atoms with van der Waals surface area (Å²) in [6.45, 7) is 7.11. The van der Waals surface area contributed by atoms with Crippen molar-refractivity contribution >= 4 is 26.7 Å². The van der Waals surface area contributed by atoms with Gasteiger partial charge in [0.1, 0.15) is 15.8 Å². The van der Waals surface area contributed by atoms with Gasteiger partial charge in [0.05, 0.1) is 11.5 Å². The molecule has 0 spiro atoms. The minimum Gasteiger partial charge on any atom is -0.476 e. The van der Waals surface area contributed by atoms with E-state index in [1.807, 2.05) is 0 Å². The van der Waals surface area contributed by atoms with Gasteiger partial charge in [0.2, 0.25) is 0 Å². The molecule has 1 aromatic rings. The molecule has 1 aromatic carbocycles. The SMILES string of the molecule is CCOC(=O)C(C)(C)Oc1ccc(S(=O)Cl)cc1C.O. The third-order valence-corrected chi connectivity index (χ3v) is 3.62. The molecule has 0 aliphatic carbocycles. The fraction of sp³-hybridized carbons (Fsp3) is 0.462. The van der Waals surface area contributed by atoms with Crippen molar-refractivity contribution in [3.05, 3.63) is 23.8 Å². The number of rotatable bonds is 5. The van der Waals surface area contributed by atoms with Gasteiger partial charge >= 0.3 is 5.97 Å². The highest BCUT2D eigenvalue weighted by Gasteiger charge is 2.32. The van der Waals surface area contributed by atoms with Crippen molar-refractivity contribution in [2.24, 2.45) is 0 Å². The Balaban J connectivity index is 0.00000361. The fourth-order valence-electron chi connectivity index (χ4n) is 1.46. The van der Waals surface area contributed by atoms with Crippen molar-refractivity contribution in [1.29, 1.82) is 0 Å². The minimum absolute atomic E-state index is 0. The van der Waals surface area contributed by atoms with E-state index >= 15 is 0 Å². The van der Waals surface area contributed by atoms with Crippen LogP contribution in [0.2, 0.25) is 0 Å². The topological polar surface area (TPSA) is 84.1 Å². The molecule has 2 N–H and O–H groups in total. The van der Waals surface area contributed by atoms with E-state index < -0.39 is 21.6 Å². The molecule has 0 saturated carbocycles. The Bertz CT molecular complexity index is 502. The molecule has 0 bridgehead atoms. The fourth-order valence-corrected chi connectivity index (χ4v) is 2.19. The van der Waals surface area contributed by atoms with Gasteiger partial charge in [-0.05, 0) is 62.1 Å². The first-order valence-corrected chi connectivity index (χ1v) is 7.80. The summed E-state index contributed by atoms with van der Waals surface area (Å²) in [5.74, 6) is 0.100. The van der Waals surface area contributed by atoms with Crippen molar-refractivity contribution in [3.8, 4) is 5.75 Å². The first-order valence-electron chi connectivity index (χ1n) is 5.83. The van der Waals surface area contributed by atoms with Gasteiger partial charge in [-0.1, -0.05) is 0 Å². The molecule has 0 amide bonds. The Hall–Kier alpha value is -1.11. The number of benzene rings is 1. The average molecular weight is 323 g/mol. The van der Waals surface area contributed by atoms with Crippen molar-refractivity contribution in [2.75, 3.05) is 6.61 Å². The van der Waals surface area contributed by atoms with Crippen LogP contribution in [0.5, 0.6) is 5.75 Å². The van der Waals surface area contributed by atoms with Crippen LogP contribution >= 0.6 is 10.7 Å². The van der Waals surface area contributed by atoms with Crippen LogP contribution in [0.15, 0.2) is 23.1 Å². The molecule has 0 heterocycles. The van der Waals surface area contributed by atoms with Gasteiger partial charge in [-0.2, -0.15) is 0 Å². The number of hydrogen-bond donors (Lipinski definition) is 0. The Morgan fingerprint density at radius 2 is 2.00 bits per heavy atom. The highest BCUT2D eigenvalue weighted by Crippen LogP contribution is 2.26. The molecule has 0 aliphatic rings. The smallest absolute Gasteiger partial charge is 0.349 e. The van der Waals surface area contributed by atoms with Gasteiger partial charge in [0.25, 0.3) is 0 Å². The predicted molar refractivity (Wildman–Crippen MR) is 78.4 cm³/mol. The second-order valence-electron chi connectivity index (χ2n) is 4.48. The number of carbonyl (C=O) groups excluding carboxylic acids is 1. The van der Waals surface area contributed by atoms with Gasteiger partial charge in [0.15, 0.2) is 5.60 Å². The van der Waals surface area contributed by atoms with Gasteiger partial charge in [0, 0.05) is 0 Å². The molecule has 1 unspecified atom stereocenters. The van der Waals surface area contributed by atoms with E-state index in [1.165, 1.54) is 0 Å². The molecule has 20 heavy (non-hydrogen) atoms. The highest BCUT2D eigenvalue weighted by atomic mass is 35.7. The molecular weight excluding hydrogens is 304 g/mol. The lowest BCUT2D eigenvalue weighted by molar-refractivity contribution is -0.158. The van der Waals surface area contributed by atoms with Crippen LogP contribution in [-0.4, -0.2) is 27.9 Å². The third kappa shape index (κ3) is 4.77. The summed E-state index contributed by atoms with van der Waals surface area (Å²) in [6.07, 6.45) is 0. The largest absolute Gasteiger partial charge is 0.476 e. The van der Waals surface area contributed by atoms with E-state index in [-0.39, 0.29) is 5.48 Å². The Morgan fingerprint density at radius 1 is 1.40 bits per heavy atom. The lowest BCUT2D eigenvalue weighted by atomic mass is 10.1. The second kappa shape index (κ2) is 7.61. The molecule has 1 atom stereocenters. The minimum atomic E-state index is -1.56. The van der Waals surface area contributed by atoms with E-state index in [0.717, 1.165) is 5.56 Å². The van der Waals surface area contributed by atoms with Gasteiger partial charge in [-0.3, -0.25) is 0 Å². The Morgan fingerprint density at radius 3 is 2.45 bits per heavy atom. The van der Waals surface area contributed by atoms with Gasteiger partial charge in [-0.25, -0.2) is 9.00 Å². The lowest BCUT2D eigenvalue weighted by Gasteiger charge is -2.25. The molecule has 0 aliphatic heterocycles. The number of ether oxygens (including phenoxy) is 2. The first-order chi connectivity index (χ1) is 8.77. The lowest BCUT2D eigenvalue weighted by Crippen LogP contribution is -2.39. The van der Waals surface area contributed by atoms with E-state index in [4.69, 9.17) is 20.2 Å². The van der Waals surface area contributed by atoms with Gasteiger partial charge < -0.3 is 14.9 Å². The summed E-state index contributed by atoms with van der Waals surface area (Å²) in [7, 11) is 3.95. The van der Waals surface area contributed by atoms with Crippen LogP contribution in [0.1, 0.15) is 26.3 Å². The van der Waals surface area contributed by atoms with Crippen LogP contribution in [0, 0.1) is 6.92 Å². The van der Waals surface area contributed by atoms with Crippen molar-refractivity contribution in [3.63, 3.8) is 0 Å². The number of hydrogen-bond acceptors (Lipinski definition) is 4. The van der Waals surface area contributed by atoms with E-state index in [9.17, 15) is 9.00 Å². The molecule has 0 aromatic heterocycles. The summed E-state index contributed by atoms with van der Waals surface area (Å²) in [6, 6.07) is 4.91.